The van der Waals surface area contributed by atoms with Crippen LogP contribution in [0, 0.1) is 5.82 Å². The largest absolute Gasteiger partial charge is 0.459 e. The number of imidazole rings is 1. The minimum absolute atomic E-state index is 0.0528. The lowest BCUT2D eigenvalue weighted by Gasteiger charge is -2.14. The molecule has 2 amide bonds. The van der Waals surface area contributed by atoms with Crippen LogP contribution < -0.4 is 0 Å². The molecule has 140 valence electrons. The van der Waals surface area contributed by atoms with Gasteiger partial charge in [-0.25, -0.2) is 14.2 Å². The van der Waals surface area contributed by atoms with Crippen molar-refractivity contribution < 1.29 is 23.5 Å². The molecule has 8 heteroatoms. The number of esters is 1. The summed E-state index contributed by atoms with van der Waals surface area (Å²) in [6, 6.07) is 12.1. The first kappa shape index (κ1) is 17.6. The normalized spacial score (nSPS) is 13.0. The fourth-order valence-electron chi connectivity index (χ4n) is 3.00. The predicted molar refractivity (Wildman–Crippen MR) is 95.6 cm³/mol. The third kappa shape index (κ3) is 3.05. The van der Waals surface area contributed by atoms with Crippen LogP contribution in [-0.4, -0.2) is 45.4 Å². The van der Waals surface area contributed by atoms with Gasteiger partial charge >= 0.3 is 5.97 Å². The van der Waals surface area contributed by atoms with Crippen LogP contribution in [0.25, 0.3) is 5.69 Å². The summed E-state index contributed by atoms with van der Waals surface area (Å²) in [4.78, 5) is 42.0. The quantitative estimate of drug-likeness (QED) is 0.502. The Morgan fingerprint density at radius 2 is 1.64 bits per heavy atom. The molecule has 0 bridgehead atoms. The summed E-state index contributed by atoms with van der Waals surface area (Å²) in [6.45, 7) is -0.207. The third-order valence-corrected chi connectivity index (χ3v) is 4.38. The van der Waals surface area contributed by atoms with Crippen LogP contribution >= 0.6 is 0 Å². The second kappa shape index (κ2) is 7.07. The van der Waals surface area contributed by atoms with Crippen LogP contribution in [0.2, 0.25) is 0 Å². The summed E-state index contributed by atoms with van der Waals surface area (Å²) < 4.78 is 19.8. The standard InChI is InChI=1S/C20H14FN3O4/c21-13-5-7-14(8-6-13)24-12-22-11-17(24)20(27)28-10-9-23-18(25)15-3-1-2-4-16(15)19(23)26/h1-8,11-12H,9-10H2. The van der Waals surface area contributed by atoms with Crippen molar-refractivity contribution in [3.63, 3.8) is 0 Å². The number of benzene rings is 2. The van der Waals surface area contributed by atoms with E-state index >= 15 is 0 Å². The van der Waals surface area contributed by atoms with E-state index in [1.54, 1.807) is 24.3 Å². The number of hydrogen-bond acceptors (Lipinski definition) is 5. The molecule has 28 heavy (non-hydrogen) atoms. The van der Waals surface area contributed by atoms with Gasteiger partial charge in [-0.15, -0.1) is 0 Å². The molecule has 0 atom stereocenters. The van der Waals surface area contributed by atoms with Crippen LogP contribution in [0.1, 0.15) is 31.2 Å². The van der Waals surface area contributed by atoms with Crippen LogP contribution in [0.3, 0.4) is 0 Å². The van der Waals surface area contributed by atoms with E-state index in [9.17, 15) is 18.8 Å². The van der Waals surface area contributed by atoms with Gasteiger partial charge in [0.15, 0.2) is 5.69 Å². The Bertz CT molecular complexity index is 1040. The van der Waals surface area contributed by atoms with Gasteiger partial charge in [0.1, 0.15) is 12.4 Å². The molecule has 1 aliphatic rings. The maximum absolute atomic E-state index is 13.1. The smallest absolute Gasteiger partial charge is 0.357 e. The molecule has 1 aliphatic heterocycles. The maximum Gasteiger partial charge on any atom is 0.357 e. The second-order valence-electron chi connectivity index (χ2n) is 6.07. The van der Waals surface area contributed by atoms with Gasteiger partial charge in [0.05, 0.1) is 30.2 Å². The average Bonchev–Trinajstić information content (AvgIpc) is 3.28. The zero-order valence-electron chi connectivity index (χ0n) is 14.5. The molecule has 0 spiro atoms. The molecular weight excluding hydrogens is 365 g/mol. The highest BCUT2D eigenvalue weighted by atomic mass is 19.1. The Morgan fingerprint density at radius 3 is 2.29 bits per heavy atom. The molecule has 0 fully saturated rings. The van der Waals surface area contributed by atoms with Crippen LogP contribution in [-0.2, 0) is 4.74 Å². The topological polar surface area (TPSA) is 81.5 Å². The number of fused-ring (bicyclic) bond motifs is 1. The summed E-state index contributed by atoms with van der Waals surface area (Å²) in [5, 5.41) is 0. The van der Waals surface area contributed by atoms with E-state index in [0.717, 1.165) is 4.90 Å². The minimum Gasteiger partial charge on any atom is -0.459 e. The Balaban J connectivity index is 1.41. The molecule has 0 radical (unpaired) electrons. The highest BCUT2D eigenvalue weighted by Crippen LogP contribution is 2.22. The lowest BCUT2D eigenvalue weighted by atomic mass is 10.1. The van der Waals surface area contributed by atoms with E-state index in [2.05, 4.69) is 4.98 Å². The summed E-state index contributed by atoms with van der Waals surface area (Å²) in [6.07, 6.45) is 2.74. The first-order valence-corrected chi connectivity index (χ1v) is 8.47. The van der Waals surface area contributed by atoms with E-state index in [1.807, 2.05) is 0 Å². The molecule has 0 saturated carbocycles. The van der Waals surface area contributed by atoms with Crippen molar-refractivity contribution >= 4 is 17.8 Å². The lowest BCUT2D eigenvalue weighted by molar-refractivity contribution is 0.0413. The van der Waals surface area contributed by atoms with Gasteiger partial charge < -0.3 is 4.74 Å². The van der Waals surface area contributed by atoms with Crippen molar-refractivity contribution in [1.82, 2.24) is 14.5 Å². The van der Waals surface area contributed by atoms with Crippen molar-refractivity contribution in [3.05, 3.63) is 83.7 Å². The zero-order valence-corrected chi connectivity index (χ0v) is 14.5. The molecule has 2 aromatic carbocycles. The SMILES string of the molecule is O=C(OCCN1C(=O)c2ccccc2C1=O)c1cncn1-c1ccc(F)cc1. The molecule has 1 aromatic heterocycles. The number of rotatable bonds is 5. The van der Waals surface area contributed by atoms with Gasteiger partial charge in [0.25, 0.3) is 11.8 Å². The summed E-state index contributed by atoms with van der Waals surface area (Å²) in [5.74, 6) is -1.88. The number of halogens is 1. The van der Waals surface area contributed by atoms with Gasteiger partial charge in [-0.1, -0.05) is 12.1 Å². The average molecular weight is 379 g/mol. The van der Waals surface area contributed by atoms with E-state index in [4.69, 9.17) is 4.74 Å². The molecule has 0 aliphatic carbocycles. The summed E-state index contributed by atoms with van der Waals surface area (Å²) in [7, 11) is 0. The lowest BCUT2D eigenvalue weighted by Crippen LogP contribution is -2.33. The van der Waals surface area contributed by atoms with Gasteiger partial charge in [0, 0.05) is 5.69 Å². The summed E-state index contributed by atoms with van der Waals surface area (Å²) >= 11 is 0. The molecule has 4 rings (SSSR count). The van der Waals surface area contributed by atoms with E-state index in [-0.39, 0.29) is 18.8 Å². The van der Waals surface area contributed by atoms with Crippen molar-refractivity contribution in [2.75, 3.05) is 13.2 Å². The Morgan fingerprint density at radius 1 is 1.00 bits per heavy atom. The number of carbonyl (C=O) groups is 3. The number of aromatic nitrogens is 2. The number of carbonyl (C=O) groups excluding carboxylic acids is 3. The Labute approximate surface area is 159 Å². The minimum atomic E-state index is -0.668. The predicted octanol–water partition coefficient (Wildman–Crippen LogP) is 2.46. The Kier molecular flexibility index (Phi) is 4.44. The summed E-state index contributed by atoms with van der Waals surface area (Å²) in [5.41, 5.74) is 1.38. The monoisotopic (exact) mass is 379 g/mol. The van der Waals surface area contributed by atoms with Crippen molar-refractivity contribution in [2.45, 2.75) is 0 Å². The van der Waals surface area contributed by atoms with Crippen molar-refractivity contribution in [3.8, 4) is 5.69 Å². The van der Waals surface area contributed by atoms with Gasteiger partial charge in [-0.2, -0.15) is 0 Å². The molecular formula is C20H14FN3O4. The first-order valence-electron chi connectivity index (χ1n) is 8.47. The highest BCUT2D eigenvalue weighted by Gasteiger charge is 2.34. The molecule has 2 heterocycles. The van der Waals surface area contributed by atoms with Gasteiger partial charge in [-0.3, -0.25) is 19.1 Å². The number of amides is 2. The fraction of sp³-hybridized carbons (Fsp3) is 0.100. The van der Waals surface area contributed by atoms with E-state index in [0.29, 0.717) is 16.8 Å². The molecule has 7 nitrogen and oxygen atoms in total. The number of nitrogens with zero attached hydrogens (tertiary/aromatic N) is 3. The Hall–Kier alpha value is -3.81. The molecule has 0 saturated heterocycles. The number of hydrogen-bond donors (Lipinski definition) is 0. The van der Waals surface area contributed by atoms with Gasteiger partial charge in [0.2, 0.25) is 0 Å². The fourth-order valence-corrected chi connectivity index (χ4v) is 3.00. The van der Waals surface area contributed by atoms with Crippen molar-refractivity contribution in [1.29, 1.82) is 0 Å². The third-order valence-electron chi connectivity index (χ3n) is 4.38. The number of imide groups is 1. The first-order chi connectivity index (χ1) is 13.6. The van der Waals surface area contributed by atoms with Gasteiger partial charge in [-0.05, 0) is 36.4 Å². The van der Waals surface area contributed by atoms with Crippen LogP contribution in [0.15, 0.2) is 61.1 Å². The van der Waals surface area contributed by atoms with Crippen molar-refractivity contribution in [2.24, 2.45) is 0 Å². The molecule has 0 N–H and O–H groups in total. The van der Waals surface area contributed by atoms with Crippen LogP contribution in [0.4, 0.5) is 4.39 Å². The van der Waals surface area contributed by atoms with Crippen LogP contribution in [0.5, 0.6) is 0 Å². The second-order valence-corrected chi connectivity index (χ2v) is 6.07. The number of ether oxygens (including phenoxy) is 1. The van der Waals surface area contributed by atoms with E-state index < -0.39 is 23.6 Å². The maximum atomic E-state index is 13.1. The molecule has 3 aromatic rings. The highest BCUT2D eigenvalue weighted by molar-refractivity contribution is 6.21. The molecule has 0 unspecified atom stereocenters. The zero-order chi connectivity index (χ0) is 19.7. The van der Waals surface area contributed by atoms with E-state index in [1.165, 1.54) is 41.4 Å².